The van der Waals surface area contributed by atoms with Crippen LogP contribution >= 0.6 is 0 Å². The summed E-state index contributed by atoms with van der Waals surface area (Å²) in [6.07, 6.45) is 0. The van der Waals surface area contributed by atoms with Gasteiger partial charge in [0.15, 0.2) is 0 Å². The highest BCUT2D eigenvalue weighted by Crippen LogP contribution is 2.21. The van der Waals surface area contributed by atoms with Crippen LogP contribution in [0.25, 0.3) is 0 Å². The quantitative estimate of drug-likeness (QED) is 0.823. The predicted molar refractivity (Wildman–Crippen MR) is 78.1 cm³/mol. The maximum absolute atomic E-state index is 14.1. The molecule has 1 aromatic carbocycles. The molecule has 1 atom stereocenters. The molecule has 19 heavy (non-hydrogen) atoms. The zero-order valence-corrected chi connectivity index (χ0v) is 12.5. The van der Waals surface area contributed by atoms with Crippen LogP contribution in [0.15, 0.2) is 18.2 Å². The Balaban J connectivity index is 2.76. The minimum atomic E-state index is -0.187. The maximum Gasteiger partial charge on any atom is 0.146 e. The van der Waals surface area contributed by atoms with Crippen molar-refractivity contribution in [3.8, 4) is 0 Å². The van der Waals surface area contributed by atoms with Gasteiger partial charge in [0.1, 0.15) is 5.82 Å². The summed E-state index contributed by atoms with van der Waals surface area (Å²) in [5, 5.41) is 3.28. The average molecular weight is 268 g/mol. The highest BCUT2D eigenvalue weighted by Gasteiger charge is 2.14. The van der Waals surface area contributed by atoms with Gasteiger partial charge in [0.05, 0.1) is 12.3 Å². The Morgan fingerprint density at radius 3 is 2.53 bits per heavy atom. The molecule has 3 nitrogen and oxygen atoms in total. The van der Waals surface area contributed by atoms with Gasteiger partial charge in [0.2, 0.25) is 0 Å². The number of likely N-dealkylation sites (N-methyl/N-ethyl adjacent to an activating group) is 1. The summed E-state index contributed by atoms with van der Waals surface area (Å²) in [4.78, 5) is 1.90. The minimum Gasteiger partial charge on any atom is -0.383 e. The third-order valence-electron chi connectivity index (χ3n) is 3.18. The van der Waals surface area contributed by atoms with Crippen molar-refractivity contribution >= 4 is 5.69 Å². The van der Waals surface area contributed by atoms with E-state index in [0.717, 1.165) is 5.56 Å². The van der Waals surface area contributed by atoms with E-state index in [4.69, 9.17) is 4.74 Å². The number of nitrogens with zero attached hydrogens (tertiary/aromatic N) is 1. The van der Waals surface area contributed by atoms with E-state index in [-0.39, 0.29) is 11.9 Å². The van der Waals surface area contributed by atoms with Crippen LogP contribution in [0.3, 0.4) is 0 Å². The molecule has 1 N–H and O–H groups in total. The fourth-order valence-electron chi connectivity index (χ4n) is 1.86. The summed E-state index contributed by atoms with van der Waals surface area (Å²) in [5.74, 6) is -0.187. The minimum absolute atomic E-state index is 0.138. The standard InChI is InChI=1S/C15H25FN2O/c1-11(2)17-9-13-6-7-15(14(16)8-13)18(4)12(3)10-19-5/h6-8,11-12,17H,9-10H2,1-5H3. The molecule has 0 radical (unpaired) electrons. The summed E-state index contributed by atoms with van der Waals surface area (Å²) in [5.41, 5.74) is 1.57. The molecule has 0 aliphatic rings. The van der Waals surface area contributed by atoms with Gasteiger partial charge in [-0.1, -0.05) is 19.9 Å². The van der Waals surface area contributed by atoms with Gasteiger partial charge in [-0.25, -0.2) is 4.39 Å². The summed E-state index contributed by atoms with van der Waals surface area (Å²) in [6, 6.07) is 5.93. The van der Waals surface area contributed by atoms with E-state index in [2.05, 4.69) is 19.2 Å². The number of benzene rings is 1. The summed E-state index contributed by atoms with van der Waals surface area (Å²) in [7, 11) is 3.54. The number of rotatable bonds is 7. The Hall–Kier alpha value is -1.13. The van der Waals surface area contributed by atoms with Crippen molar-refractivity contribution in [2.24, 2.45) is 0 Å². The first kappa shape index (κ1) is 15.9. The summed E-state index contributed by atoms with van der Waals surface area (Å²) < 4.78 is 19.2. The van der Waals surface area contributed by atoms with Crippen LogP contribution in [-0.4, -0.2) is 32.8 Å². The number of hydrogen-bond donors (Lipinski definition) is 1. The lowest BCUT2D eigenvalue weighted by atomic mass is 10.1. The fourth-order valence-corrected chi connectivity index (χ4v) is 1.86. The number of halogens is 1. The van der Waals surface area contributed by atoms with Crippen LogP contribution in [0.1, 0.15) is 26.3 Å². The van der Waals surface area contributed by atoms with Crippen LogP contribution < -0.4 is 10.2 Å². The Morgan fingerprint density at radius 1 is 1.32 bits per heavy atom. The van der Waals surface area contributed by atoms with Crippen LogP contribution in [0.4, 0.5) is 10.1 Å². The van der Waals surface area contributed by atoms with Gasteiger partial charge in [-0.05, 0) is 24.6 Å². The average Bonchev–Trinajstić information content (AvgIpc) is 2.36. The van der Waals surface area contributed by atoms with Crippen molar-refractivity contribution in [1.29, 1.82) is 0 Å². The lowest BCUT2D eigenvalue weighted by Crippen LogP contribution is -2.33. The first-order valence-corrected chi connectivity index (χ1v) is 6.69. The van der Waals surface area contributed by atoms with E-state index in [1.165, 1.54) is 0 Å². The number of methoxy groups -OCH3 is 1. The second-order valence-corrected chi connectivity index (χ2v) is 5.24. The molecule has 4 heteroatoms. The number of nitrogens with one attached hydrogen (secondary N) is 1. The monoisotopic (exact) mass is 268 g/mol. The van der Waals surface area contributed by atoms with Crippen molar-refractivity contribution in [2.75, 3.05) is 25.7 Å². The Bertz CT molecular complexity index is 396. The molecule has 0 saturated heterocycles. The predicted octanol–water partition coefficient (Wildman–Crippen LogP) is 2.79. The van der Waals surface area contributed by atoms with Crippen LogP contribution in [0, 0.1) is 5.82 Å². The normalized spacial score (nSPS) is 12.8. The lowest BCUT2D eigenvalue weighted by Gasteiger charge is -2.27. The Kier molecular flexibility index (Phi) is 6.25. The second-order valence-electron chi connectivity index (χ2n) is 5.24. The summed E-state index contributed by atoms with van der Waals surface area (Å²) >= 11 is 0. The van der Waals surface area contributed by atoms with Crippen LogP contribution in [-0.2, 0) is 11.3 Å². The van der Waals surface area contributed by atoms with Gasteiger partial charge >= 0.3 is 0 Å². The van der Waals surface area contributed by atoms with E-state index in [9.17, 15) is 4.39 Å². The first-order chi connectivity index (χ1) is 8.95. The molecule has 0 aliphatic carbocycles. The second kappa shape index (κ2) is 7.46. The molecular formula is C15H25FN2O. The Labute approximate surface area is 115 Å². The molecular weight excluding hydrogens is 243 g/mol. The fraction of sp³-hybridized carbons (Fsp3) is 0.600. The van der Waals surface area contributed by atoms with Gasteiger partial charge in [-0.3, -0.25) is 0 Å². The van der Waals surface area contributed by atoms with Crippen LogP contribution in [0.5, 0.6) is 0 Å². The van der Waals surface area contributed by atoms with Crippen molar-refractivity contribution in [2.45, 2.75) is 39.4 Å². The third-order valence-corrected chi connectivity index (χ3v) is 3.18. The molecule has 0 aromatic heterocycles. The number of ether oxygens (including phenoxy) is 1. The molecule has 0 aliphatic heterocycles. The van der Waals surface area contributed by atoms with Crippen molar-refractivity contribution in [3.05, 3.63) is 29.6 Å². The smallest absolute Gasteiger partial charge is 0.146 e. The molecule has 0 fully saturated rings. The first-order valence-electron chi connectivity index (χ1n) is 6.69. The SMILES string of the molecule is COCC(C)N(C)c1ccc(CNC(C)C)cc1F. The van der Waals surface area contributed by atoms with E-state index >= 15 is 0 Å². The van der Waals surface area contributed by atoms with Crippen molar-refractivity contribution in [1.82, 2.24) is 5.32 Å². The maximum atomic E-state index is 14.1. The van der Waals surface area contributed by atoms with Gasteiger partial charge in [-0.15, -0.1) is 0 Å². The van der Waals surface area contributed by atoms with Crippen molar-refractivity contribution in [3.63, 3.8) is 0 Å². The molecule has 108 valence electrons. The van der Waals surface area contributed by atoms with E-state index in [0.29, 0.717) is 24.9 Å². The van der Waals surface area contributed by atoms with E-state index in [1.807, 2.05) is 31.0 Å². The lowest BCUT2D eigenvalue weighted by molar-refractivity contribution is 0.183. The molecule has 1 aromatic rings. The topological polar surface area (TPSA) is 24.5 Å². The molecule has 0 amide bonds. The van der Waals surface area contributed by atoms with E-state index < -0.39 is 0 Å². The Morgan fingerprint density at radius 2 is 2.00 bits per heavy atom. The molecule has 0 heterocycles. The third kappa shape index (κ3) is 4.80. The zero-order chi connectivity index (χ0) is 14.4. The highest BCUT2D eigenvalue weighted by atomic mass is 19.1. The highest BCUT2D eigenvalue weighted by molar-refractivity contribution is 5.49. The van der Waals surface area contributed by atoms with Gasteiger partial charge < -0.3 is 15.0 Å². The molecule has 0 saturated carbocycles. The van der Waals surface area contributed by atoms with Crippen molar-refractivity contribution < 1.29 is 9.13 Å². The number of anilines is 1. The van der Waals surface area contributed by atoms with Gasteiger partial charge in [0, 0.05) is 32.8 Å². The summed E-state index contributed by atoms with van der Waals surface area (Å²) in [6.45, 7) is 7.42. The van der Waals surface area contributed by atoms with Gasteiger partial charge in [0.25, 0.3) is 0 Å². The molecule has 0 spiro atoms. The molecule has 1 rings (SSSR count). The van der Waals surface area contributed by atoms with Gasteiger partial charge in [-0.2, -0.15) is 0 Å². The number of hydrogen-bond acceptors (Lipinski definition) is 3. The molecule has 1 unspecified atom stereocenters. The zero-order valence-electron chi connectivity index (χ0n) is 12.5. The van der Waals surface area contributed by atoms with Crippen LogP contribution in [0.2, 0.25) is 0 Å². The largest absolute Gasteiger partial charge is 0.383 e. The van der Waals surface area contributed by atoms with E-state index in [1.54, 1.807) is 13.2 Å². The molecule has 0 bridgehead atoms.